The van der Waals surface area contributed by atoms with Gasteiger partial charge in [-0.2, -0.15) is 5.10 Å². The van der Waals surface area contributed by atoms with Gasteiger partial charge in [0.2, 0.25) is 0 Å². The van der Waals surface area contributed by atoms with Crippen molar-refractivity contribution in [1.82, 2.24) is 15.1 Å². The summed E-state index contributed by atoms with van der Waals surface area (Å²) in [4.78, 5) is 0. The topological polar surface area (TPSA) is 39.1 Å². The summed E-state index contributed by atoms with van der Waals surface area (Å²) in [6, 6.07) is 0. The van der Waals surface area contributed by atoms with Gasteiger partial charge in [0.1, 0.15) is 0 Å². The molecule has 2 rings (SSSR count). The van der Waals surface area contributed by atoms with Crippen molar-refractivity contribution in [3.05, 3.63) is 18.0 Å². The van der Waals surface area contributed by atoms with Gasteiger partial charge in [-0.25, -0.2) is 0 Å². The number of aryl methyl sites for hydroxylation is 1. The van der Waals surface area contributed by atoms with Crippen LogP contribution in [0.25, 0.3) is 0 Å². The number of nitrogens with zero attached hydrogens (tertiary/aromatic N) is 2. The lowest BCUT2D eigenvalue weighted by Crippen LogP contribution is -2.18. The van der Waals surface area contributed by atoms with Gasteiger partial charge in [0.05, 0.1) is 12.8 Å². The first kappa shape index (κ1) is 11.6. The molecule has 0 bridgehead atoms. The van der Waals surface area contributed by atoms with Crippen LogP contribution < -0.4 is 5.32 Å². The van der Waals surface area contributed by atoms with Crippen LogP contribution in [0, 0.1) is 5.92 Å². The SMILES string of the molecule is COCCNCc1cnn(CCC2CC2)c1. The average Bonchev–Trinajstić information content (AvgIpc) is 3.02. The fourth-order valence-corrected chi connectivity index (χ4v) is 1.75. The van der Waals surface area contributed by atoms with Crippen molar-refractivity contribution in [3.63, 3.8) is 0 Å². The smallest absolute Gasteiger partial charge is 0.0587 e. The van der Waals surface area contributed by atoms with Gasteiger partial charge in [0, 0.05) is 38.5 Å². The number of rotatable bonds is 8. The zero-order chi connectivity index (χ0) is 11.2. The van der Waals surface area contributed by atoms with Crippen molar-refractivity contribution in [2.75, 3.05) is 20.3 Å². The van der Waals surface area contributed by atoms with Crippen molar-refractivity contribution in [2.24, 2.45) is 5.92 Å². The summed E-state index contributed by atoms with van der Waals surface area (Å²) in [6.45, 7) is 3.61. The Morgan fingerprint density at radius 2 is 2.44 bits per heavy atom. The fraction of sp³-hybridized carbons (Fsp3) is 0.750. The number of aromatic nitrogens is 2. The van der Waals surface area contributed by atoms with Crippen molar-refractivity contribution in [2.45, 2.75) is 32.4 Å². The Balaban J connectivity index is 1.64. The van der Waals surface area contributed by atoms with Gasteiger partial charge in [0.15, 0.2) is 0 Å². The lowest BCUT2D eigenvalue weighted by atomic mass is 10.3. The molecule has 0 unspecified atom stereocenters. The third kappa shape index (κ3) is 3.94. The Morgan fingerprint density at radius 3 is 3.19 bits per heavy atom. The summed E-state index contributed by atoms with van der Waals surface area (Å²) < 4.78 is 7.03. The van der Waals surface area contributed by atoms with Gasteiger partial charge in [-0.15, -0.1) is 0 Å². The number of hydrogen-bond donors (Lipinski definition) is 1. The van der Waals surface area contributed by atoms with E-state index in [0.717, 1.165) is 32.2 Å². The molecule has 1 aromatic rings. The highest BCUT2D eigenvalue weighted by molar-refractivity contribution is 5.03. The molecule has 1 aromatic heterocycles. The Morgan fingerprint density at radius 1 is 1.56 bits per heavy atom. The normalized spacial score (nSPS) is 15.6. The van der Waals surface area contributed by atoms with Crippen LogP contribution in [0.15, 0.2) is 12.4 Å². The molecule has 0 radical (unpaired) electrons. The molecule has 0 atom stereocenters. The maximum Gasteiger partial charge on any atom is 0.0587 e. The molecule has 0 aromatic carbocycles. The third-order valence-electron chi connectivity index (χ3n) is 2.96. The lowest BCUT2D eigenvalue weighted by molar-refractivity contribution is 0.199. The number of methoxy groups -OCH3 is 1. The predicted molar refractivity (Wildman–Crippen MR) is 63.2 cm³/mol. The van der Waals surface area contributed by atoms with E-state index in [-0.39, 0.29) is 0 Å². The van der Waals surface area contributed by atoms with Crippen molar-refractivity contribution in [3.8, 4) is 0 Å². The van der Waals surface area contributed by atoms with E-state index in [4.69, 9.17) is 4.74 Å². The van der Waals surface area contributed by atoms with E-state index in [1.165, 1.54) is 24.8 Å². The van der Waals surface area contributed by atoms with E-state index in [1.807, 2.05) is 6.20 Å². The Kier molecular flexibility index (Phi) is 4.36. The first-order valence-electron chi connectivity index (χ1n) is 6.09. The molecule has 1 N–H and O–H groups in total. The summed E-state index contributed by atoms with van der Waals surface area (Å²) in [5.74, 6) is 0.979. The molecule has 0 amide bonds. The quantitative estimate of drug-likeness (QED) is 0.677. The number of nitrogens with one attached hydrogen (secondary N) is 1. The van der Waals surface area contributed by atoms with Gasteiger partial charge in [-0.05, 0) is 12.3 Å². The fourth-order valence-electron chi connectivity index (χ4n) is 1.75. The highest BCUT2D eigenvalue weighted by atomic mass is 16.5. The van der Waals surface area contributed by atoms with Crippen LogP contribution in [0.3, 0.4) is 0 Å². The van der Waals surface area contributed by atoms with E-state index in [9.17, 15) is 0 Å². The third-order valence-corrected chi connectivity index (χ3v) is 2.96. The molecular weight excluding hydrogens is 202 g/mol. The molecule has 4 nitrogen and oxygen atoms in total. The summed E-state index contributed by atoms with van der Waals surface area (Å²) in [6.07, 6.45) is 8.23. The Bertz CT molecular complexity index is 307. The van der Waals surface area contributed by atoms with Crippen LogP contribution in [0.4, 0.5) is 0 Å². The van der Waals surface area contributed by atoms with Crippen LogP contribution in [0.2, 0.25) is 0 Å². The molecule has 0 aliphatic heterocycles. The highest BCUT2D eigenvalue weighted by Crippen LogP contribution is 2.32. The molecule has 0 spiro atoms. The van der Waals surface area contributed by atoms with Gasteiger partial charge in [0.25, 0.3) is 0 Å². The molecular formula is C12H21N3O. The maximum absolute atomic E-state index is 4.97. The molecule has 1 heterocycles. The molecule has 1 fully saturated rings. The van der Waals surface area contributed by atoms with Crippen molar-refractivity contribution >= 4 is 0 Å². The standard InChI is InChI=1S/C12H21N3O/c1-16-7-5-13-8-12-9-14-15(10-12)6-4-11-2-3-11/h9-11,13H,2-8H2,1H3. The minimum atomic E-state index is 0.760. The zero-order valence-corrected chi connectivity index (χ0v) is 9.98. The summed E-state index contributed by atoms with van der Waals surface area (Å²) in [5, 5.41) is 7.68. The van der Waals surface area contributed by atoms with Crippen molar-refractivity contribution in [1.29, 1.82) is 0 Å². The van der Waals surface area contributed by atoms with Crippen LogP contribution in [-0.4, -0.2) is 30.0 Å². The molecule has 90 valence electrons. The Labute approximate surface area is 97.0 Å². The number of ether oxygens (including phenoxy) is 1. The molecule has 1 aliphatic carbocycles. The second-order valence-corrected chi connectivity index (χ2v) is 4.51. The highest BCUT2D eigenvalue weighted by Gasteiger charge is 2.20. The largest absolute Gasteiger partial charge is 0.383 e. The Hall–Kier alpha value is -0.870. The van der Waals surface area contributed by atoms with Crippen LogP contribution in [0.5, 0.6) is 0 Å². The molecule has 4 heteroatoms. The first-order chi connectivity index (χ1) is 7.88. The van der Waals surface area contributed by atoms with Gasteiger partial charge < -0.3 is 10.1 Å². The second-order valence-electron chi connectivity index (χ2n) is 4.51. The summed E-state index contributed by atoms with van der Waals surface area (Å²) in [7, 11) is 1.72. The van der Waals surface area contributed by atoms with E-state index in [2.05, 4.69) is 21.3 Å². The first-order valence-corrected chi connectivity index (χ1v) is 6.09. The van der Waals surface area contributed by atoms with E-state index >= 15 is 0 Å². The van der Waals surface area contributed by atoms with Crippen LogP contribution in [-0.2, 0) is 17.8 Å². The van der Waals surface area contributed by atoms with Crippen molar-refractivity contribution < 1.29 is 4.74 Å². The van der Waals surface area contributed by atoms with Gasteiger partial charge in [-0.1, -0.05) is 12.8 Å². The van der Waals surface area contributed by atoms with E-state index in [0.29, 0.717) is 0 Å². The van der Waals surface area contributed by atoms with Gasteiger partial charge in [-0.3, -0.25) is 4.68 Å². The monoisotopic (exact) mass is 223 g/mol. The zero-order valence-electron chi connectivity index (χ0n) is 9.98. The minimum Gasteiger partial charge on any atom is -0.383 e. The predicted octanol–water partition coefficient (Wildman–Crippen LogP) is 1.42. The van der Waals surface area contributed by atoms with Crippen LogP contribution >= 0.6 is 0 Å². The van der Waals surface area contributed by atoms with Crippen LogP contribution in [0.1, 0.15) is 24.8 Å². The summed E-state index contributed by atoms with van der Waals surface area (Å²) >= 11 is 0. The average molecular weight is 223 g/mol. The van der Waals surface area contributed by atoms with Gasteiger partial charge >= 0.3 is 0 Å². The maximum atomic E-state index is 4.97. The second kappa shape index (κ2) is 6.01. The molecule has 1 saturated carbocycles. The minimum absolute atomic E-state index is 0.760. The van der Waals surface area contributed by atoms with E-state index < -0.39 is 0 Å². The lowest BCUT2D eigenvalue weighted by Gasteiger charge is -2.01. The molecule has 0 saturated heterocycles. The molecule has 16 heavy (non-hydrogen) atoms. The van der Waals surface area contributed by atoms with E-state index in [1.54, 1.807) is 7.11 Å². The number of hydrogen-bond acceptors (Lipinski definition) is 3. The molecule has 1 aliphatic rings. The summed E-state index contributed by atoms with van der Waals surface area (Å²) in [5.41, 5.74) is 1.26.